The molecule has 1 atom stereocenters. The minimum atomic E-state index is -4.88. The van der Waals surface area contributed by atoms with Gasteiger partial charge >= 0.3 is 12.5 Å². The van der Waals surface area contributed by atoms with Crippen LogP contribution >= 0.6 is 0 Å². The summed E-state index contributed by atoms with van der Waals surface area (Å²) >= 11 is 0. The fourth-order valence-corrected chi connectivity index (χ4v) is 4.78. The molecule has 1 unspecified atom stereocenters. The van der Waals surface area contributed by atoms with Crippen LogP contribution in [-0.2, 0) is 26.3 Å². The van der Waals surface area contributed by atoms with Gasteiger partial charge in [0, 0.05) is 38.9 Å². The van der Waals surface area contributed by atoms with E-state index in [1.165, 1.54) is 35.6 Å². The maximum absolute atomic E-state index is 13.9. The predicted molar refractivity (Wildman–Crippen MR) is 131 cm³/mol. The highest BCUT2D eigenvalue weighted by molar-refractivity contribution is 5.92. The summed E-state index contributed by atoms with van der Waals surface area (Å²) in [7, 11) is 1.69. The van der Waals surface area contributed by atoms with E-state index in [2.05, 4.69) is 14.6 Å². The van der Waals surface area contributed by atoms with Crippen molar-refractivity contribution in [2.24, 2.45) is 7.05 Å². The zero-order valence-electron chi connectivity index (χ0n) is 21.5. The van der Waals surface area contributed by atoms with Crippen molar-refractivity contribution in [3.8, 4) is 5.75 Å². The maximum Gasteiger partial charge on any atom is 0.573 e. The van der Waals surface area contributed by atoms with Gasteiger partial charge in [0.25, 0.3) is 5.91 Å². The number of halogens is 7. The van der Waals surface area contributed by atoms with Crippen molar-refractivity contribution in [2.45, 2.75) is 50.9 Å². The number of alkyl halides is 6. The first kappa shape index (κ1) is 29.4. The number of imidazole rings is 1. The highest BCUT2D eigenvalue weighted by Gasteiger charge is 2.35. The van der Waals surface area contributed by atoms with Crippen LogP contribution in [0.2, 0.25) is 0 Å². The zero-order chi connectivity index (χ0) is 29.1. The average molecular weight is 573 g/mol. The largest absolute Gasteiger partial charge is 0.573 e. The van der Waals surface area contributed by atoms with Crippen molar-refractivity contribution < 1.29 is 40.3 Å². The molecule has 0 bridgehead atoms. The van der Waals surface area contributed by atoms with Crippen molar-refractivity contribution in [3.63, 3.8) is 0 Å². The number of amides is 1. The summed E-state index contributed by atoms with van der Waals surface area (Å²) in [5.74, 6) is -2.15. The second-order valence-electron chi connectivity index (χ2n) is 9.72. The number of likely N-dealkylation sites (tertiary alicyclic amines) is 1. The van der Waals surface area contributed by atoms with Gasteiger partial charge < -0.3 is 14.2 Å². The quantitative estimate of drug-likeness (QED) is 0.318. The molecule has 1 aliphatic rings. The molecule has 1 aromatic heterocycles. The summed E-state index contributed by atoms with van der Waals surface area (Å²) in [6.07, 6.45) is -4.94. The molecule has 1 fully saturated rings. The van der Waals surface area contributed by atoms with E-state index in [9.17, 15) is 35.5 Å². The Balaban J connectivity index is 1.49. The minimum Gasteiger partial charge on any atom is -0.406 e. The van der Waals surface area contributed by atoms with Crippen molar-refractivity contribution in [1.82, 2.24) is 19.4 Å². The molecule has 13 heteroatoms. The number of nitrogens with zero attached hydrogens (tertiary/aromatic N) is 4. The monoisotopic (exact) mass is 572 g/mol. The Kier molecular flexibility index (Phi) is 8.71. The van der Waals surface area contributed by atoms with Crippen molar-refractivity contribution in [1.29, 1.82) is 0 Å². The van der Waals surface area contributed by atoms with E-state index in [1.54, 1.807) is 23.7 Å². The van der Waals surface area contributed by atoms with Crippen LogP contribution in [0.15, 0.2) is 55.0 Å². The lowest BCUT2D eigenvalue weighted by atomic mass is 10.0. The fraction of sp³-hybridized carbons (Fsp3) is 0.407. The van der Waals surface area contributed by atoms with Crippen LogP contribution in [0, 0.1) is 5.82 Å². The molecule has 6 nitrogen and oxygen atoms in total. The molecule has 0 saturated carbocycles. The van der Waals surface area contributed by atoms with Crippen molar-refractivity contribution in [2.75, 3.05) is 13.1 Å². The topological polar surface area (TPSA) is 50.6 Å². The second kappa shape index (κ2) is 11.9. The van der Waals surface area contributed by atoms with Gasteiger partial charge in [-0.1, -0.05) is 18.2 Å². The van der Waals surface area contributed by atoms with Gasteiger partial charge in [-0.25, -0.2) is 9.37 Å². The van der Waals surface area contributed by atoms with Crippen LogP contribution in [0.4, 0.5) is 30.7 Å². The minimum absolute atomic E-state index is 0.139. The lowest BCUT2D eigenvalue weighted by Gasteiger charge is -2.31. The van der Waals surface area contributed by atoms with E-state index < -0.39 is 29.8 Å². The molecule has 4 rings (SSSR count). The molecule has 0 spiro atoms. The van der Waals surface area contributed by atoms with Crippen LogP contribution < -0.4 is 4.74 Å². The van der Waals surface area contributed by atoms with Crippen molar-refractivity contribution >= 4 is 5.91 Å². The number of ether oxygens (including phenoxy) is 1. The molecular formula is C27H27F7N4O2. The van der Waals surface area contributed by atoms with Gasteiger partial charge in [0.1, 0.15) is 17.3 Å². The number of aromatic nitrogens is 2. The smallest absolute Gasteiger partial charge is 0.406 e. The third-order valence-electron chi connectivity index (χ3n) is 6.67. The van der Waals surface area contributed by atoms with Gasteiger partial charge in [0.15, 0.2) is 0 Å². The SMILES string of the molecule is Cn1cnc(C(=O)N(Cc2ccc(F)c(C(F)(F)F)c2)C2CCCN(Cc3ccc(OC(F)(F)F)cc3)CC2)c1. The molecule has 3 aromatic rings. The highest BCUT2D eigenvalue weighted by atomic mass is 19.4. The number of carbonyl (C=O) groups excluding carboxylic acids is 1. The Morgan fingerprint density at radius 3 is 2.35 bits per heavy atom. The summed E-state index contributed by atoms with van der Waals surface area (Å²) in [6.45, 7) is 1.48. The number of carbonyl (C=O) groups is 1. The zero-order valence-corrected chi connectivity index (χ0v) is 21.5. The standard InChI is InChI=1S/C27H27F7N4O2/c1-36-16-24(35-17-36)25(39)38(15-19-6-9-23(28)22(13-19)26(29,30)31)20-3-2-11-37(12-10-20)14-18-4-7-21(8-5-18)40-27(32,33)34/h4-9,13,16-17,20H,2-3,10-12,14-15H2,1H3. The van der Waals surface area contributed by atoms with E-state index in [0.717, 1.165) is 17.7 Å². The highest BCUT2D eigenvalue weighted by Crippen LogP contribution is 2.33. The number of hydrogen-bond acceptors (Lipinski definition) is 4. The lowest BCUT2D eigenvalue weighted by Crippen LogP contribution is -2.40. The molecule has 2 aromatic carbocycles. The first-order chi connectivity index (χ1) is 18.8. The molecule has 40 heavy (non-hydrogen) atoms. The molecule has 0 aliphatic carbocycles. The van der Waals surface area contributed by atoms with Crippen LogP contribution in [-0.4, -0.2) is 50.8 Å². The normalized spacial score (nSPS) is 16.9. The molecular weight excluding hydrogens is 545 g/mol. The third-order valence-corrected chi connectivity index (χ3v) is 6.67. The molecule has 2 heterocycles. The van der Waals surface area contributed by atoms with Gasteiger partial charge in [0.05, 0.1) is 11.9 Å². The van der Waals surface area contributed by atoms with E-state index in [1.807, 2.05) is 0 Å². The summed E-state index contributed by atoms with van der Waals surface area (Å²) in [4.78, 5) is 21.2. The molecule has 0 N–H and O–H groups in total. The third kappa shape index (κ3) is 7.74. The summed E-state index contributed by atoms with van der Waals surface area (Å²) in [6, 6.07) is 7.97. The van der Waals surface area contributed by atoms with Gasteiger partial charge in [0.2, 0.25) is 0 Å². The van der Waals surface area contributed by atoms with Gasteiger partial charge in [-0.3, -0.25) is 9.69 Å². The molecule has 0 radical (unpaired) electrons. The van der Waals surface area contributed by atoms with Crippen LogP contribution in [0.3, 0.4) is 0 Å². The van der Waals surface area contributed by atoms with E-state index in [0.29, 0.717) is 38.9 Å². The number of benzene rings is 2. The number of hydrogen-bond donors (Lipinski definition) is 0. The first-order valence-electron chi connectivity index (χ1n) is 12.5. The maximum atomic E-state index is 13.9. The fourth-order valence-electron chi connectivity index (χ4n) is 4.78. The van der Waals surface area contributed by atoms with Crippen LogP contribution in [0.1, 0.15) is 46.4 Å². The number of aryl methyl sites for hydroxylation is 1. The molecule has 1 saturated heterocycles. The summed E-state index contributed by atoms with van der Waals surface area (Å²) < 4.78 is 96.6. The molecule has 1 amide bonds. The Morgan fingerprint density at radius 2 is 1.73 bits per heavy atom. The van der Waals surface area contributed by atoms with E-state index in [-0.39, 0.29) is 29.6 Å². The first-order valence-corrected chi connectivity index (χ1v) is 12.5. The Hall–Kier alpha value is -3.61. The average Bonchev–Trinajstić information content (AvgIpc) is 3.17. The van der Waals surface area contributed by atoms with Gasteiger partial charge in [-0.05, 0) is 61.2 Å². The van der Waals surface area contributed by atoms with Crippen molar-refractivity contribution in [3.05, 3.63) is 83.2 Å². The van der Waals surface area contributed by atoms with E-state index >= 15 is 0 Å². The Bertz CT molecular complexity index is 1310. The predicted octanol–water partition coefficient (Wildman–Crippen LogP) is 6.17. The Labute approximate surface area is 226 Å². The van der Waals surface area contributed by atoms with Gasteiger partial charge in [-0.15, -0.1) is 13.2 Å². The van der Waals surface area contributed by atoms with E-state index in [4.69, 9.17) is 0 Å². The lowest BCUT2D eigenvalue weighted by molar-refractivity contribution is -0.274. The summed E-state index contributed by atoms with van der Waals surface area (Å²) in [5, 5.41) is 0. The molecule has 216 valence electrons. The number of rotatable bonds is 7. The van der Waals surface area contributed by atoms with Crippen LogP contribution in [0.25, 0.3) is 0 Å². The summed E-state index contributed by atoms with van der Waals surface area (Å²) in [5.41, 5.74) is -0.336. The van der Waals surface area contributed by atoms with Gasteiger partial charge in [-0.2, -0.15) is 13.2 Å². The molecule has 1 aliphatic heterocycles. The van der Waals surface area contributed by atoms with Crippen LogP contribution in [0.5, 0.6) is 5.75 Å². The Morgan fingerprint density at radius 1 is 1.02 bits per heavy atom. The second-order valence-corrected chi connectivity index (χ2v) is 9.72.